The van der Waals surface area contributed by atoms with Crippen LogP contribution in [-0.2, 0) is 14.2 Å². The molecule has 0 saturated carbocycles. The highest BCUT2D eigenvalue weighted by Crippen LogP contribution is 2.44. The molecule has 0 atom stereocenters. The van der Waals surface area contributed by atoms with E-state index in [1.54, 1.807) is 0 Å². The maximum Gasteiger partial charge on any atom is 0.409 e. The summed E-state index contributed by atoms with van der Waals surface area (Å²) in [6.45, 7) is 0. The van der Waals surface area contributed by atoms with Gasteiger partial charge in [-0.1, -0.05) is 5.04 Å². The molecule has 0 radical (unpaired) electrons. The lowest BCUT2D eigenvalue weighted by molar-refractivity contribution is -0.434. The molecule has 0 unspecified atom stereocenters. The number of hydrogen-bond donors (Lipinski definition) is 1. The highest BCUT2D eigenvalue weighted by molar-refractivity contribution is 7.95. The molecule has 0 fully saturated rings. The van der Waals surface area contributed by atoms with E-state index in [4.69, 9.17) is 5.26 Å². The average Bonchev–Trinajstić information content (AvgIpc) is 2.00. The van der Waals surface area contributed by atoms with Crippen LogP contribution in [0.25, 0.3) is 0 Å². The first-order valence-corrected chi connectivity index (χ1v) is 3.11. The van der Waals surface area contributed by atoms with Crippen molar-refractivity contribution in [1.82, 2.24) is 0 Å². The molecule has 0 aliphatic carbocycles. The van der Waals surface area contributed by atoms with Gasteiger partial charge in [-0.25, -0.2) is 5.26 Å². The van der Waals surface area contributed by atoms with E-state index < -0.39 is 29.3 Å². The fraction of sp³-hybridized carbons (Fsp3) is 0.667. The molecular formula is C3HF5O4S. The monoisotopic (exact) mass is 228 g/mol. The van der Waals surface area contributed by atoms with Crippen molar-refractivity contribution in [3.63, 3.8) is 0 Å². The van der Waals surface area contributed by atoms with E-state index in [1.807, 2.05) is 0 Å². The van der Waals surface area contributed by atoms with Crippen molar-refractivity contribution in [2.24, 2.45) is 0 Å². The van der Waals surface area contributed by atoms with Gasteiger partial charge in [0.1, 0.15) is 12.0 Å². The lowest BCUT2D eigenvalue weighted by atomic mass is 10.4. The zero-order valence-electron chi connectivity index (χ0n) is 5.47. The van der Waals surface area contributed by atoms with Crippen LogP contribution >= 0.6 is 12.0 Å². The Kier molecular flexibility index (Phi) is 4.03. The predicted octanol–water partition coefficient (Wildman–Crippen LogP) is 1.78. The largest absolute Gasteiger partial charge is 0.409 e. The van der Waals surface area contributed by atoms with Crippen LogP contribution in [0.3, 0.4) is 0 Å². The van der Waals surface area contributed by atoms with E-state index in [0.29, 0.717) is 0 Å². The zero-order valence-corrected chi connectivity index (χ0v) is 6.29. The molecule has 13 heavy (non-hydrogen) atoms. The Hall–Kier alpha value is -0.450. The quantitative estimate of drug-likeness (QED) is 0.255. The maximum atomic E-state index is 12.1. The molecule has 0 aliphatic rings. The molecule has 10 heteroatoms. The highest BCUT2D eigenvalue weighted by atomic mass is 32.2. The smallest absolute Gasteiger partial charge is 0.254 e. The summed E-state index contributed by atoms with van der Waals surface area (Å²) in [7, 11) is 0. The topological polar surface area (TPSA) is 55.8 Å². The second-order valence-electron chi connectivity index (χ2n) is 1.59. The van der Waals surface area contributed by atoms with E-state index in [9.17, 15) is 26.7 Å². The molecule has 0 aromatic rings. The Morgan fingerprint density at radius 2 is 1.77 bits per heavy atom. The number of carbonyl (C=O) groups excluding carboxylic acids is 1. The van der Waals surface area contributed by atoms with Crippen LogP contribution < -0.4 is 0 Å². The predicted molar refractivity (Wildman–Crippen MR) is 28.4 cm³/mol. The van der Waals surface area contributed by atoms with Crippen LogP contribution in [0, 0.1) is 0 Å². The number of halogens is 5. The van der Waals surface area contributed by atoms with E-state index in [-0.39, 0.29) is 0 Å². The molecule has 0 spiro atoms. The molecule has 4 nitrogen and oxygen atoms in total. The summed E-state index contributed by atoms with van der Waals surface area (Å²) in [6.07, 6.45) is 0. The minimum Gasteiger partial charge on any atom is -0.254 e. The second-order valence-corrected chi connectivity index (χ2v) is 2.41. The normalized spacial score (nSPS) is 13.1. The third-order valence-electron chi connectivity index (χ3n) is 0.781. The van der Waals surface area contributed by atoms with Crippen molar-refractivity contribution in [2.45, 2.75) is 11.2 Å². The summed E-state index contributed by atoms with van der Waals surface area (Å²) in [6, 6.07) is -3.52. The zero-order chi connectivity index (χ0) is 10.7. The third kappa shape index (κ3) is 2.76. The van der Waals surface area contributed by atoms with Crippen molar-refractivity contribution in [3.05, 3.63) is 0 Å². The number of carbonyl (C=O) groups is 1. The summed E-state index contributed by atoms with van der Waals surface area (Å²) in [4.78, 5) is 9.41. The molecule has 0 bridgehead atoms. The third-order valence-corrected chi connectivity index (χ3v) is 1.38. The first kappa shape index (κ1) is 12.6. The van der Waals surface area contributed by atoms with Gasteiger partial charge < -0.3 is 0 Å². The van der Waals surface area contributed by atoms with Crippen LogP contribution in [0.4, 0.5) is 22.0 Å². The molecule has 0 amide bonds. The Bertz CT molecular complexity index is 196. The van der Waals surface area contributed by atoms with Crippen molar-refractivity contribution in [3.8, 4) is 0 Å². The van der Waals surface area contributed by atoms with E-state index in [2.05, 4.69) is 9.37 Å². The Labute approximate surface area is 71.7 Å². The van der Waals surface area contributed by atoms with Gasteiger partial charge in [0, 0.05) is 0 Å². The highest BCUT2D eigenvalue weighted by Gasteiger charge is 2.64. The molecule has 0 saturated heterocycles. The van der Waals surface area contributed by atoms with Gasteiger partial charge in [-0.2, -0.15) is 22.0 Å². The van der Waals surface area contributed by atoms with E-state index in [1.165, 1.54) is 0 Å². The molecule has 0 heterocycles. The van der Waals surface area contributed by atoms with Gasteiger partial charge in [0.2, 0.25) is 0 Å². The first-order valence-electron chi connectivity index (χ1n) is 2.37. The fourth-order valence-corrected chi connectivity index (χ4v) is 0.525. The van der Waals surface area contributed by atoms with Crippen molar-refractivity contribution in [1.29, 1.82) is 0 Å². The van der Waals surface area contributed by atoms with Gasteiger partial charge in [-0.05, 0) is 0 Å². The summed E-state index contributed by atoms with van der Waals surface area (Å²) < 4.78 is 62.3. The van der Waals surface area contributed by atoms with Crippen LogP contribution in [0.1, 0.15) is 0 Å². The van der Waals surface area contributed by atoms with Gasteiger partial charge in [0.25, 0.3) is 0 Å². The molecule has 0 aromatic carbocycles. The summed E-state index contributed by atoms with van der Waals surface area (Å²) in [5.74, 6) is -5.55. The minimum atomic E-state index is -5.55. The van der Waals surface area contributed by atoms with Crippen molar-refractivity contribution < 1.29 is 41.4 Å². The summed E-state index contributed by atoms with van der Waals surface area (Å²) >= 11 is -1.40. The average molecular weight is 228 g/mol. The Balaban J connectivity index is 4.50. The Morgan fingerprint density at radius 1 is 1.31 bits per heavy atom. The molecule has 0 aromatic heterocycles. The number of hydrogen-bond acceptors (Lipinski definition) is 5. The molecule has 1 N–H and O–H groups in total. The molecular weight excluding hydrogens is 227 g/mol. The van der Waals surface area contributed by atoms with Crippen LogP contribution in [0.5, 0.6) is 0 Å². The fourth-order valence-electron chi connectivity index (χ4n) is 0.225. The second kappa shape index (κ2) is 4.17. The number of rotatable bonds is 5. The Morgan fingerprint density at radius 3 is 2.08 bits per heavy atom. The summed E-state index contributed by atoms with van der Waals surface area (Å²) in [5.41, 5.74) is 0. The van der Waals surface area contributed by atoms with Crippen molar-refractivity contribution in [2.75, 3.05) is 0 Å². The van der Waals surface area contributed by atoms with Gasteiger partial charge in [-0.3, -0.25) is 4.79 Å². The lowest BCUT2D eigenvalue weighted by Gasteiger charge is -2.18. The van der Waals surface area contributed by atoms with E-state index in [0.717, 1.165) is 0 Å². The van der Waals surface area contributed by atoms with Gasteiger partial charge in [-0.15, -0.1) is 4.33 Å². The first-order chi connectivity index (χ1) is 5.75. The SMILES string of the molecule is O=C(F)C(F)(F)C(F)(F)SOOO. The molecule has 0 rings (SSSR count). The van der Waals surface area contributed by atoms with E-state index >= 15 is 0 Å². The molecule has 78 valence electrons. The standard InChI is InChI=1S/C3HF5O4S/c4-1(9)2(5,6)3(7,8)13-12-11-10/h10H. The van der Waals surface area contributed by atoms with Crippen LogP contribution in [0.15, 0.2) is 0 Å². The van der Waals surface area contributed by atoms with Crippen LogP contribution in [0.2, 0.25) is 0 Å². The minimum absolute atomic E-state index is 1.40. The summed E-state index contributed by atoms with van der Waals surface area (Å²) in [5, 5.41) is 4.72. The maximum absolute atomic E-state index is 12.1. The van der Waals surface area contributed by atoms with Gasteiger partial charge in [0.15, 0.2) is 0 Å². The van der Waals surface area contributed by atoms with Crippen LogP contribution in [-0.4, -0.2) is 22.5 Å². The van der Waals surface area contributed by atoms with Gasteiger partial charge in [0.05, 0.1) is 0 Å². The molecule has 0 aliphatic heterocycles. The number of alkyl halides is 4. The van der Waals surface area contributed by atoms with Gasteiger partial charge >= 0.3 is 17.2 Å². The lowest BCUT2D eigenvalue weighted by Crippen LogP contribution is -2.43. The van der Waals surface area contributed by atoms with Crippen molar-refractivity contribution >= 4 is 18.1 Å².